The minimum Gasteiger partial charge on any atom is -0.473 e. The van der Waals surface area contributed by atoms with Crippen LogP contribution in [0.1, 0.15) is 37.7 Å². The summed E-state index contributed by atoms with van der Waals surface area (Å²) in [4.78, 5) is 2.41. The quantitative estimate of drug-likeness (QED) is 0.800. The second kappa shape index (κ2) is 4.29. The van der Waals surface area contributed by atoms with E-state index in [2.05, 4.69) is 18.0 Å². The highest BCUT2D eigenvalue weighted by atomic mass is 16.5. The minimum atomic E-state index is -0.100. The standard InChI is InChI=1S/C15H18N2O/c1-17-13-3-2-9-15(17,10-8-13)18-14-6-4-12(11-16)5-7-14/h4-7,13H,2-3,8-10H2,1H3. The molecular formula is C15H18N2O. The lowest BCUT2D eigenvalue weighted by atomic mass is 10.0. The Balaban J connectivity index is 1.81. The van der Waals surface area contributed by atoms with Crippen LogP contribution in [0.5, 0.6) is 5.75 Å². The zero-order chi connectivity index (χ0) is 12.6. The van der Waals surface area contributed by atoms with Gasteiger partial charge in [0.25, 0.3) is 0 Å². The summed E-state index contributed by atoms with van der Waals surface area (Å²) in [5, 5.41) is 8.80. The number of fused-ring (bicyclic) bond motifs is 2. The Hall–Kier alpha value is -1.53. The summed E-state index contributed by atoms with van der Waals surface area (Å²) >= 11 is 0. The number of hydrogen-bond acceptors (Lipinski definition) is 3. The molecule has 0 amide bonds. The lowest BCUT2D eigenvalue weighted by Crippen LogP contribution is -2.51. The molecule has 2 bridgehead atoms. The summed E-state index contributed by atoms with van der Waals surface area (Å²) < 4.78 is 6.26. The van der Waals surface area contributed by atoms with Gasteiger partial charge in [-0.2, -0.15) is 5.26 Å². The van der Waals surface area contributed by atoms with Gasteiger partial charge in [-0.15, -0.1) is 0 Å². The van der Waals surface area contributed by atoms with Crippen molar-refractivity contribution in [3.05, 3.63) is 29.8 Å². The maximum absolute atomic E-state index is 8.80. The van der Waals surface area contributed by atoms with Crippen molar-refractivity contribution in [2.75, 3.05) is 7.05 Å². The zero-order valence-electron chi connectivity index (χ0n) is 10.7. The molecule has 3 rings (SSSR count). The molecule has 0 aliphatic carbocycles. The summed E-state index contributed by atoms with van der Waals surface area (Å²) in [6, 6.07) is 10.3. The summed E-state index contributed by atoms with van der Waals surface area (Å²) in [7, 11) is 2.18. The SMILES string of the molecule is CN1C2CCCC1(Oc1ccc(C#N)cc1)CC2. The first-order valence-corrected chi connectivity index (χ1v) is 6.66. The third-order valence-corrected chi connectivity index (χ3v) is 4.45. The highest BCUT2D eigenvalue weighted by Gasteiger charge is 2.48. The smallest absolute Gasteiger partial charge is 0.163 e. The first-order valence-electron chi connectivity index (χ1n) is 6.66. The third-order valence-electron chi connectivity index (χ3n) is 4.45. The molecule has 0 spiro atoms. The zero-order valence-corrected chi connectivity index (χ0v) is 10.7. The largest absolute Gasteiger partial charge is 0.473 e. The third kappa shape index (κ3) is 1.77. The number of benzene rings is 1. The molecule has 0 N–H and O–H groups in total. The second-order valence-electron chi connectivity index (χ2n) is 5.38. The van der Waals surface area contributed by atoms with Gasteiger partial charge in [0.1, 0.15) is 5.75 Å². The van der Waals surface area contributed by atoms with Gasteiger partial charge in [-0.1, -0.05) is 0 Å². The monoisotopic (exact) mass is 242 g/mol. The van der Waals surface area contributed by atoms with Gasteiger partial charge >= 0.3 is 0 Å². The summed E-state index contributed by atoms with van der Waals surface area (Å²) in [5.74, 6) is 0.878. The minimum absolute atomic E-state index is 0.100. The van der Waals surface area contributed by atoms with E-state index < -0.39 is 0 Å². The van der Waals surface area contributed by atoms with E-state index in [1.54, 1.807) is 0 Å². The van der Waals surface area contributed by atoms with Gasteiger partial charge in [0.15, 0.2) is 5.72 Å². The molecule has 2 fully saturated rings. The van der Waals surface area contributed by atoms with Crippen LogP contribution in [0.25, 0.3) is 0 Å². The molecule has 2 saturated heterocycles. The van der Waals surface area contributed by atoms with Crippen LogP contribution >= 0.6 is 0 Å². The molecule has 3 heteroatoms. The van der Waals surface area contributed by atoms with Crippen molar-refractivity contribution in [2.45, 2.75) is 43.9 Å². The van der Waals surface area contributed by atoms with Crippen LogP contribution in [-0.4, -0.2) is 23.7 Å². The van der Waals surface area contributed by atoms with Crippen LogP contribution in [0.3, 0.4) is 0 Å². The van der Waals surface area contributed by atoms with E-state index in [0.717, 1.165) is 18.6 Å². The van der Waals surface area contributed by atoms with Crippen molar-refractivity contribution in [3.63, 3.8) is 0 Å². The van der Waals surface area contributed by atoms with Crippen molar-refractivity contribution in [1.82, 2.24) is 4.90 Å². The van der Waals surface area contributed by atoms with E-state index in [9.17, 15) is 0 Å². The molecular weight excluding hydrogens is 224 g/mol. The average molecular weight is 242 g/mol. The maximum atomic E-state index is 8.80. The number of ether oxygens (including phenoxy) is 1. The maximum Gasteiger partial charge on any atom is 0.163 e. The van der Waals surface area contributed by atoms with E-state index >= 15 is 0 Å². The topological polar surface area (TPSA) is 36.3 Å². The molecule has 2 atom stereocenters. The predicted octanol–water partition coefficient (Wildman–Crippen LogP) is 2.91. The Labute approximate surface area is 108 Å². The predicted molar refractivity (Wildman–Crippen MR) is 69.2 cm³/mol. The second-order valence-corrected chi connectivity index (χ2v) is 5.38. The first-order chi connectivity index (χ1) is 8.73. The fraction of sp³-hybridized carbons (Fsp3) is 0.533. The number of rotatable bonds is 2. The van der Waals surface area contributed by atoms with E-state index in [-0.39, 0.29) is 5.72 Å². The molecule has 1 aromatic carbocycles. The van der Waals surface area contributed by atoms with Crippen LogP contribution in [0, 0.1) is 11.3 Å². The molecule has 0 radical (unpaired) electrons. The average Bonchev–Trinajstić information content (AvgIpc) is 2.60. The lowest BCUT2D eigenvalue weighted by molar-refractivity contribution is -0.0823. The summed E-state index contributed by atoms with van der Waals surface area (Å²) in [6.07, 6.45) is 6.03. The van der Waals surface area contributed by atoms with Crippen LogP contribution in [0.15, 0.2) is 24.3 Å². The summed E-state index contributed by atoms with van der Waals surface area (Å²) in [5.41, 5.74) is 0.581. The molecule has 94 valence electrons. The van der Waals surface area contributed by atoms with Crippen LogP contribution in [-0.2, 0) is 0 Å². The number of hydrogen-bond donors (Lipinski definition) is 0. The van der Waals surface area contributed by atoms with Crippen LogP contribution in [0.4, 0.5) is 0 Å². The van der Waals surface area contributed by atoms with E-state index in [0.29, 0.717) is 11.6 Å². The van der Waals surface area contributed by atoms with Crippen molar-refractivity contribution in [2.24, 2.45) is 0 Å². The van der Waals surface area contributed by atoms with Crippen LogP contribution < -0.4 is 4.74 Å². The van der Waals surface area contributed by atoms with Gasteiger partial charge in [0.05, 0.1) is 11.6 Å². The molecule has 2 aliphatic heterocycles. The number of nitrogens with zero attached hydrogens (tertiary/aromatic N) is 2. The van der Waals surface area contributed by atoms with Gasteiger partial charge in [0.2, 0.25) is 0 Å². The van der Waals surface area contributed by atoms with Gasteiger partial charge in [0, 0.05) is 18.9 Å². The Kier molecular flexibility index (Phi) is 2.76. The molecule has 18 heavy (non-hydrogen) atoms. The molecule has 3 nitrogen and oxygen atoms in total. The van der Waals surface area contributed by atoms with Gasteiger partial charge in [-0.3, -0.25) is 4.90 Å². The fourth-order valence-electron chi connectivity index (χ4n) is 3.34. The molecule has 2 unspecified atom stereocenters. The Bertz CT molecular complexity index is 472. The highest BCUT2D eigenvalue weighted by Crippen LogP contribution is 2.43. The van der Waals surface area contributed by atoms with Gasteiger partial charge in [-0.05, 0) is 50.6 Å². The van der Waals surface area contributed by atoms with Crippen LogP contribution in [0.2, 0.25) is 0 Å². The Morgan fingerprint density at radius 1 is 1.28 bits per heavy atom. The van der Waals surface area contributed by atoms with Crippen molar-refractivity contribution < 1.29 is 4.74 Å². The molecule has 0 aromatic heterocycles. The van der Waals surface area contributed by atoms with Gasteiger partial charge in [-0.25, -0.2) is 0 Å². The summed E-state index contributed by atoms with van der Waals surface area (Å²) in [6.45, 7) is 0. The van der Waals surface area contributed by atoms with Gasteiger partial charge < -0.3 is 4.74 Å². The molecule has 1 aromatic rings. The molecule has 2 aliphatic rings. The van der Waals surface area contributed by atoms with Crippen molar-refractivity contribution in [1.29, 1.82) is 5.26 Å². The molecule has 0 saturated carbocycles. The Morgan fingerprint density at radius 2 is 2.06 bits per heavy atom. The van der Waals surface area contributed by atoms with Crippen molar-refractivity contribution in [3.8, 4) is 11.8 Å². The highest BCUT2D eigenvalue weighted by molar-refractivity contribution is 5.34. The van der Waals surface area contributed by atoms with E-state index in [1.807, 2.05) is 24.3 Å². The Morgan fingerprint density at radius 3 is 2.78 bits per heavy atom. The fourth-order valence-corrected chi connectivity index (χ4v) is 3.34. The lowest BCUT2D eigenvalue weighted by Gasteiger charge is -2.42. The normalized spacial score (nSPS) is 31.0. The first kappa shape index (κ1) is 11.6. The number of piperidine rings is 1. The molecule has 2 heterocycles. The number of nitriles is 1. The van der Waals surface area contributed by atoms with Crippen molar-refractivity contribution >= 4 is 0 Å². The van der Waals surface area contributed by atoms with E-state index in [4.69, 9.17) is 10.00 Å². The van der Waals surface area contributed by atoms with E-state index in [1.165, 1.54) is 19.3 Å².